The Labute approximate surface area is 118 Å². The van der Waals surface area contributed by atoms with Crippen LogP contribution in [0.3, 0.4) is 0 Å². The standard InChI is InChI=1S/C17H28N2/c1-4-9-16(5-2)19-13-17(18-12-14(19)3)15-10-7-6-8-11-15/h6-8,10-11,14,16-18H,4-5,9,12-13H2,1-3H3. The van der Waals surface area contributed by atoms with Crippen molar-refractivity contribution in [1.82, 2.24) is 10.2 Å². The molecule has 2 rings (SSSR count). The van der Waals surface area contributed by atoms with Crippen LogP contribution in [-0.2, 0) is 0 Å². The molecule has 1 N–H and O–H groups in total. The van der Waals surface area contributed by atoms with Crippen molar-refractivity contribution < 1.29 is 0 Å². The molecule has 1 aliphatic rings. The highest BCUT2D eigenvalue weighted by Crippen LogP contribution is 2.24. The molecule has 0 saturated carbocycles. The second kappa shape index (κ2) is 7.06. The highest BCUT2D eigenvalue weighted by molar-refractivity contribution is 5.20. The van der Waals surface area contributed by atoms with Crippen molar-refractivity contribution in [3.05, 3.63) is 35.9 Å². The van der Waals surface area contributed by atoms with Gasteiger partial charge in [0.2, 0.25) is 0 Å². The Kier molecular flexibility index (Phi) is 5.41. The van der Waals surface area contributed by atoms with Gasteiger partial charge in [-0.2, -0.15) is 0 Å². The highest BCUT2D eigenvalue weighted by atomic mass is 15.2. The summed E-state index contributed by atoms with van der Waals surface area (Å²) in [4.78, 5) is 2.72. The van der Waals surface area contributed by atoms with E-state index in [-0.39, 0.29) is 0 Å². The van der Waals surface area contributed by atoms with Gasteiger partial charge in [0.05, 0.1) is 0 Å². The first-order valence-corrected chi connectivity index (χ1v) is 7.80. The largest absolute Gasteiger partial charge is 0.307 e. The third kappa shape index (κ3) is 3.58. The van der Waals surface area contributed by atoms with Crippen LogP contribution >= 0.6 is 0 Å². The topological polar surface area (TPSA) is 15.3 Å². The maximum atomic E-state index is 3.69. The molecule has 0 spiro atoms. The number of benzene rings is 1. The fourth-order valence-electron chi connectivity index (χ4n) is 3.24. The summed E-state index contributed by atoms with van der Waals surface area (Å²) >= 11 is 0. The van der Waals surface area contributed by atoms with Crippen molar-refractivity contribution in [3.8, 4) is 0 Å². The van der Waals surface area contributed by atoms with Crippen molar-refractivity contribution in [3.63, 3.8) is 0 Å². The predicted molar refractivity (Wildman–Crippen MR) is 82.3 cm³/mol. The third-order valence-electron chi connectivity index (χ3n) is 4.38. The second-order valence-corrected chi connectivity index (χ2v) is 5.77. The minimum Gasteiger partial charge on any atom is -0.307 e. The third-order valence-corrected chi connectivity index (χ3v) is 4.38. The molecule has 0 aromatic heterocycles. The molecule has 1 saturated heterocycles. The molecule has 1 aromatic rings. The van der Waals surface area contributed by atoms with E-state index in [1.165, 1.54) is 24.8 Å². The number of rotatable bonds is 5. The van der Waals surface area contributed by atoms with Gasteiger partial charge >= 0.3 is 0 Å². The molecule has 1 fully saturated rings. The Morgan fingerprint density at radius 1 is 1.26 bits per heavy atom. The molecule has 0 amide bonds. The van der Waals surface area contributed by atoms with E-state index in [9.17, 15) is 0 Å². The number of nitrogens with zero attached hydrogens (tertiary/aromatic N) is 1. The van der Waals surface area contributed by atoms with Gasteiger partial charge in [-0.1, -0.05) is 50.6 Å². The van der Waals surface area contributed by atoms with Crippen LogP contribution in [0.5, 0.6) is 0 Å². The van der Waals surface area contributed by atoms with Crippen LogP contribution in [0.4, 0.5) is 0 Å². The summed E-state index contributed by atoms with van der Waals surface area (Å²) in [6.07, 6.45) is 3.87. The quantitative estimate of drug-likeness (QED) is 0.870. The lowest BCUT2D eigenvalue weighted by atomic mass is 9.98. The molecular formula is C17H28N2. The van der Waals surface area contributed by atoms with Crippen LogP contribution in [-0.4, -0.2) is 30.1 Å². The highest BCUT2D eigenvalue weighted by Gasteiger charge is 2.29. The van der Waals surface area contributed by atoms with Gasteiger partial charge in [-0.3, -0.25) is 4.90 Å². The van der Waals surface area contributed by atoms with Gasteiger partial charge < -0.3 is 5.32 Å². The summed E-state index contributed by atoms with van der Waals surface area (Å²) in [6.45, 7) is 9.22. The Balaban J connectivity index is 2.07. The van der Waals surface area contributed by atoms with E-state index >= 15 is 0 Å². The monoisotopic (exact) mass is 260 g/mol. The van der Waals surface area contributed by atoms with Crippen LogP contribution in [0, 0.1) is 0 Å². The molecule has 2 heteroatoms. The Morgan fingerprint density at radius 2 is 2.00 bits per heavy atom. The van der Waals surface area contributed by atoms with Crippen LogP contribution in [0.1, 0.15) is 51.6 Å². The summed E-state index contributed by atoms with van der Waals surface area (Å²) in [7, 11) is 0. The zero-order valence-corrected chi connectivity index (χ0v) is 12.6. The van der Waals surface area contributed by atoms with Crippen molar-refractivity contribution in [2.75, 3.05) is 13.1 Å². The van der Waals surface area contributed by atoms with Gasteiger partial charge in [0.25, 0.3) is 0 Å². The molecule has 106 valence electrons. The van der Waals surface area contributed by atoms with Gasteiger partial charge in [-0.15, -0.1) is 0 Å². The molecule has 0 bridgehead atoms. The number of hydrogen-bond donors (Lipinski definition) is 1. The van der Waals surface area contributed by atoms with Crippen LogP contribution in [0.25, 0.3) is 0 Å². The summed E-state index contributed by atoms with van der Waals surface area (Å²) in [6, 6.07) is 12.7. The molecule has 1 aromatic carbocycles. The van der Waals surface area contributed by atoms with E-state index in [1.54, 1.807) is 0 Å². The van der Waals surface area contributed by atoms with Crippen LogP contribution in [0.15, 0.2) is 30.3 Å². The Morgan fingerprint density at radius 3 is 2.63 bits per heavy atom. The van der Waals surface area contributed by atoms with E-state index < -0.39 is 0 Å². The van der Waals surface area contributed by atoms with Gasteiger partial charge in [-0.25, -0.2) is 0 Å². The average molecular weight is 260 g/mol. The molecule has 1 heterocycles. The van der Waals surface area contributed by atoms with Crippen LogP contribution < -0.4 is 5.32 Å². The maximum absolute atomic E-state index is 3.69. The smallest absolute Gasteiger partial charge is 0.0450 e. The van der Waals surface area contributed by atoms with E-state index in [2.05, 4.69) is 61.3 Å². The molecule has 3 unspecified atom stereocenters. The number of nitrogens with one attached hydrogen (secondary N) is 1. The molecule has 19 heavy (non-hydrogen) atoms. The molecule has 0 aliphatic carbocycles. The number of piperazine rings is 1. The van der Waals surface area contributed by atoms with E-state index in [0.717, 1.165) is 19.1 Å². The summed E-state index contributed by atoms with van der Waals surface area (Å²) in [5.74, 6) is 0. The van der Waals surface area contributed by atoms with Crippen molar-refractivity contribution in [1.29, 1.82) is 0 Å². The number of hydrogen-bond acceptors (Lipinski definition) is 2. The molecule has 0 radical (unpaired) electrons. The Bertz CT molecular complexity index is 363. The van der Waals surface area contributed by atoms with E-state index in [0.29, 0.717) is 12.1 Å². The molecule has 2 nitrogen and oxygen atoms in total. The van der Waals surface area contributed by atoms with Gasteiger partial charge in [-0.05, 0) is 25.3 Å². The first-order valence-electron chi connectivity index (χ1n) is 7.80. The fourth-order valence-corrected chi connectivity index (χ4v) is 3.24. The first kappa shape index (κ1) is 14.5. The first-order chi connectivity index (χ1) is 9.26. The van der Waals surface area contributed by atoms with Gasteiger partial charge in [0.1, 0.15) is 0 Å². The van der Waals surface area contributed by atoms with Crippen molar-refractivity contribution in [2.24, 2.45) is 0 Å². The predicted octanol–water partition coefficient (Wildman–Crippen LogP) is 3.60. The SMILES string of the molecule is CCCC(CC)N1CC(c2ccccc2)NCC1C. The normalized spacial score (nSPS) is 26.3. The lowest BCUT2D eigenvalue weighted by Crippen LogP contribution is -2.55. The zero-order valence-electron chi connectivity index (χ0n) is 12.6. The summed E-state index contributed by atoms with van der Waals surface area (Å²) in [5, 5.41) is 3.69. The molecule has 1 aliphatic heterocycles. The van der Waals surface area contributed by atoms with Crippen molar-refractivity contribution >= 4 is 0 Å². The minimum absolute atomic E-state index is 0.489. The van der Waals surface area contributed by atoms with Crippen molar-refractivity contribution in [2.45, 2.75) is 58.2 Å². The minimum atomic E-state index is 0.489. The van der Waals surface area contributed by atoms with E-state index in [1.807, 2.05) is 0 Å². The second-order valence-electron chi connectivity index (χ2n) is 5.77. The van der Waals surface area contributed by atoms with Crippen LogP contribution in [0.2, 0.25) is 0 Å². The summed E-state index contributed by atoms with van der Waals surface area (Å²) in [5.41, 5.74) is 1.42. The van der Waals surface area contributed by atoms with Gasteiger partial charge in [0, 0.05) is 31.2 Å². The summed E-state index contributed by atoms with van der Waals surface area (Å²) < 4.78 is 0. The van der Waals surface area contributed by atoms with Gasteiger partial charge in [0.15, 0.2) is 0 Å². The maximum Gasteiger partial charge on any atom is 0.0450 e. The van der Waals surface area contributed by atoms with E-state index in [4.69, 9.17) is 0 Å². The lowest BCUT2D eigenvalue weighted by Gasteiger charge is -2.43. The average Bonchev–Trinajstić information content (AvgIpc) is 2.46. The molecule has 3 atom stereocenters. The lowest BCUT2D eigenvalue weighted by molar-refractivity contribution is 0.0828. The zero-order chi connectivity index (χ0) is 13.7. The Hall–Kier alpha value is -0.860. The molecular weight excluding hydrogens is 232 g/mol. The fraction of sp³-hybridized carbons (Fsp3) is 0.647.